The summed E-state index contributed by atoms with van der Waals surface area (Å²) in [6.07, 6.45) is 6.10. The lowest BCUT2D eigenvalue weighted by Gasteiger charge is -2.25. The maximum atomic E-state index is 12.5. The Hall–Kier alpha value is -2.32. The van der Waals surface area contributed by atoms with Crippen molar-refractivity contribution >= 4 is 23.6 Å². The fourth-order valence-electron chi connectivity index (χ4n) is 2.63. The highest BCUT2D eigenvalue weighted by atomic mass is 32.2. The van der Waals surface area contributed by atoms with Gasteiger partial charge in [-0.15, -0.1) is 0 Å². The maximum absolute atomic E-state index is 12.5. The molecular weight excluding hydrogens is 352 g/mol. The van der Waals surface area contributed by atoms with E-state index in [4.69, 9.17) is 5.73 Å². The number of carbonyl (C=O) groups excluding carboxylic acids is 1. The fraction of sp³-hybridized carbons (Fsp3) is 0.389. The van der Waals surface area contributed by atoms with Gasteiger partial charge in [-0.3, -0.25) is 4.79 Å². The Kier molecular flexibility index (Phi) is 6.82. The molecule has 0 aliphatic carbocycles. The Morgan fingerprint density at radius 2 is 2.23 bits per heavy atom. The summed E-state index contributed by atoms with van der Waals surface area (Å²) in [6, 6.07) is 6.06. The third-order valence-corrected chi connectivity index (χ3v) is 4.75. The van der Waals surface area contributed by atoms with Gasteiger partial charge in [-0.25, -0.2) is 9.78 Å². The van der Waals surface area contributed by atoms with E-state index in [0.29, 0.717) is 24.2 Å². The van der Waals surface area contributed by atoms with Crippen LogP contribution in [0.4, 0.5) is 0 Å². The number of hydrogen-bond donors (Lipinski definition) is 4. The summed E-state index contributed by atoms with van der Waals surface area (Å²) >= 11 is 1.54. The number of rotatable bonds is 9. The van der Waals surface area contributed by atoms with Gasteiger partial charge in [0.1, 0.15) is 6.04 Å². The fourth-order valence-corrected chi connectivity index (χ4v) is 3.10. The topological polar surface area (TPSA) is 121 Å². The first-order chi connectivity index (χ1) is 12.3. The molecule has 0 saturated heterocycles. The highest BCUT2D eigenvalue weighted by molar-refractivity contribution is 7.98. The molecule has 2 unspecified atom stereocenters. The molecular formula is C18H24N4O3S. The van der Waals surface area contributed by atoms with Crippen molar-refractivity contribution in [3.05, 3.63) is 53.6 Å². The van der Waals surface area contributed by atoms with E-state index in [2.05, 4.69) is 15.3 Å². The van der Waals surface area contributed by atoms with Crippen molar-refractivity contribution in [3.63, 3.8) is 0 Å². The number of carboxylic acid groups (broad SMARTS) is 1. The lowest BCUT2D eigenvalue weighted by Crippen LogP contribution is -2.41. The van der Waals surface area contributed by atoms with E-state index < -0.39 is 23.5 Å². The third-order valence-electron chi connectivity index (χ3n) is 4.11. The first kappa shape index (κ1) is 20.0. The van der Waals surface area contributed by atoms with Crippen molar-refractivity contribution in [2.75, 3.05) is 12.0 Å². The Balaban J connectivity index is 2.14. The van der Waals surface area contributed by atoms with Crippen LogP contribution in [0, 0.1) is 0 Å². The Morgan fingerprint density at radius 1 is 1.46 bits per heavy atom. The van der Waals surface area contributed by atoms with Crippen molar-refractivity contribution in [1.82, 2.24) is 15.3 Å². The molecule has 0 aliphatic heterocycles. The van der Waals surface area contributed by atoms with E-state index in [-0.39, 0.29) is 0 Å². The molecule has 2 aromatic rings. The lowest BCUT2D eigenvalue weighted by molar-refractivity contribution is -0.139. The predicted octanol–water partition coefficient (Wildman–Crippen LogP) is 1.76. The number of thioether (sulfide) groups is 1. The van der Waals surface area contributed by atoms with Crippen LogP contribution in [-0.2, 0) is 16.8 Å². The predicted molar refractivity (Wildman–Crippen MR) is 102 cm³/mol. The number of nitrogens with one attached hydrogen (secondary N) is 2. The molecule has 0 fully saturated rings. The third kappa shape index (κ3) is 5.34. The highest BCUT2D eigenvalue weighted by Crippen LogP contribution is 2.23. The van der Waals surface area contributed by atoms with E-state index in [9.17, 15) is 14.7 Å². The van der Waals surface area contributed by atoms with Crippen molar-refractivity contribution in [2.45, 2.75) is 31.3 Å². The molecule has 1 aromatic heterocycles. The minimum absolute atomic E-state index is 0.371. The lowest BCUT2D eigenvalue weighted by atomic mass is 9.87. The Bertz CT molecular complexity index is 747. The van der Waals surface area contributed by atoms with Gasteiger partial charge in [0, 0.05) is 29.4 Å². The van der Waals surface area contributed by atoms with Crippen LogP contribution in [0.25, 0.3) is 0 Å². The zero-order chi connectivity index (χ0) is 19.2. The average molecular weight is 376 g/mol. The summed E-state index contributed by atoms with van der Waals surface area (Å²) in [5.74, 6) is -0.799. The SMILES string of the molecule is CSCCC(NC(=O)c1cccc(C(C)(N)Cc2cnc[nH]2)c1)C(=O)O. The molecule has 1 heterocycles. The summed E-state index contributed by atoms with van der Waals surface area (Å²) in [5.41, 5.74) is 7.81. The van der Waals surface area contributed by atoms with Crippen LogP contribution in [0.1, 0.15) is 35.0 Å². The normalized spacial score (nSPS) is 14.4. The number of hydrogen-bond acceptors (Lipinski definition) is 5. The smallest absolute Gasteiger partial charge is 0.326 e. The number of carbonyl (C=O) groups is 2. The Labute approximate surface area is 156 Å². The van der Waals surface area contributed by atoms with Gasteiger partial charge in [0.15, 0.2) is 0 Å². The van der Waals surface area contributed by atoms with Crippen LogP contribution in [0.5, 0.6) is 0 Å². The van der Waals surface area contributed by atoms with Crippen molar-refractivity contribution in [3.8, 4) is 0 Å². The first-order valence-electron chi connectivity index (χ1n) is 8.23. The van der Waals surface area contributed by atoms with Gasteiger partial charge in [-0.1, -0.05) is 12.1 Å². The maximum Gasteiger partial charge on any atom is 0.326 e. The first-order valence-corrected chi connectivity index (χ1v) is 9.62. The zero-order valence-electron chi connectivity index (χ0n) is 14.9. The molecule has 8 heteroatoms. The molecule has 0 saturated carbocycles. The summed E-state index contributed by atoms with van der Waals surface area (Å²) in [4.78, 5) is 30.8. The summed E-state index contributed by atoms with van der Waals surface area (Å²) in [6.45, 7) is 1.88. The van der Waals surface area contributed by atoms with Crippen LogP contribution in [0.2, 0.25) is 0 Å². The molecule has 140 valence electrons. The molecule has 7 nitrogen and oxygen atoms in total. The van der Waals surface area contributed by atoms with E-state index in [1.165, 1.54) is 11.8 Å². The largest absolute Gasteiger partial charge is 0.480 e. The molecule has 0 aliphatic rings. The highest BCUT2D eigenvalue weighted by Gasteiger charge is 2.25. The standard InChI is InChI=1S/C18H24N4O3S/c1-18(19,9-14-10-20-11-21-14)13-5-3-4-12(8-13)16(23)22-15(17(24)25)6-7-26-2/h3-5,8,10-11,15H,6-7,9,19H2,1-2H3,(H,20,21)(H,22,23)(H,24,25). The van der Waals surface area contributed by atoms with E-state index in [1.807, 2.05) is 19.2 Å². The molecule has 0 bridgehead atoms. The van der Waals surface area contributed by atoms with E-state index >= 15 is 0 Å². The monoisotopic (exact) mass is 376 g/mol. The second kappa shape index (κ2) is 8.86. The molecule has 5 N–H and O–H groups in total. The minimum Gasteiger partial charge on any atom is -0.480 e. The molecule has 0 radical (unpaired) electrons. The summed E-state index contributed by atoms with van der Waals surface area (Å²) in [7, 11) is 0. The average Bonchev–Trinajstić information content (AvgIpc) is 3.10. The van der Waals surface area contributed by atoms with E-state index in [0.717, 1.165) is 11.3 Å². The summed E-state index contributed by atoms with van der Waals surface area (Å²) < 4.78 is 0. The Morgan fingerprint density at radius 3 is 2.85 bits per heavy atom. The van der Waals surface area contributed by atoms with Gasteiger partial charge in [0.05, 0.1) is 6.33 Å². The number of carboxylic acids is 1. The van der Waals surface area contributed by atoms with Crippen molar-refractivity contribution in [1.29, 1.82) is 0 Å². The number of H-pyrrole nitrogens is 1. The van der Waals surface area contributed by atoms with Crippen LogP contribution in [0.15, 0.2) is 36.8 Å². The van der Waals surface area contributed by atoms with Gasteiger partial charge < -0.3 is 21.1 Å². The second-order valence-electron chi connectivity index (χ2n) is 6.40. The second-order valence-corrected chi connectivity index (χ2v) is 7.38. The van der Waals surface area contributed by atoms with Gasteiger partial charge >= 0.3 is 5.97 Å². The van der Waals surface area contributed by atoms with E-state index in [1.54, 1.807) is 30.7 Å². The number of amides is 1. The van der Waals surface area contributed by atoms with Gasteiger partial charge in [-0.05, 0) is 43.0 Å². The molecule has 1 aromatic carbocycles. The zero-order valence-corrected chi connectivity index (χ0v) is 15.7. The molecule has 26 heavy (non-hydrogen) atoms. The number of imidazole rings is 1. The number of nitrogens with two attached hydrogens (primary N) is 1. The van der Waals surface area contributed by atoms with Crippen LogP contribution < -0.4 is 11.1 Å². The van der Waals surface area contributed by atoms with Crippen LogP contribution in [0.3, 0.4) is 0 Å². The molecule has 1 amide bonds. The number of aliphatic carboxylic acids is 1. The van der Waals surface area contributed by atoms with Gasteiger partial charge in [0.25, 0.3) is 5.91 Å². The number of nitrogens with zero attached hydrogens (tertiary/aromatic N) is 1. The van der Waals surface area contributed by atoms with Crippen molar-refractivity contribution in [2.24, 2.45) is 5.73 Å². The summed E-state index contributed by atoms with van der Waals surface area (Å²) in [5, 5.41) is 11.9. The molecule has 2 atom stereocenters. The number of benzene rings is 1. The van der Waals surface area contributed by atoms with Crippen LogP contribution in [-0.4, -0.2) is 45.0 Å². The van der Waals surface area contributed by atoms with Crippen molar-refractivity contribution < 1.29 is 14.7 Å². The van der Waals surface area contributed by atoms with Crippen LogP contribution >= 0.6 is 11.8 Å². The van der Waals surface area contributed by atoms with Gasteiger partial charge in [-0.2, -0.15) is 11.8 Å². The number of aromatic amines is 1. The quantitative estimate of drug-likeness (QED) is 0.529. The van der Waals surface area contributed by atoms with Gasteiger partial charge in [0.2, 0.25) is 0 Å². The molecule has 2 rings (SSSR count). The number of aromatic nitrogens is 2. The molecule has 0 spiro atoms. The minimum atomic E-state index is -1.04.